The number of hydrogen-bond donors (Lipinski definition) is 2. The fourth-order valence-corrected chi connectivity index (χ4v) is 4.29. The summed E-state index contributed by atoms with van der Waals surface area (Å²) in [5, 5.41) is 6.57. The lowest BCUT2D eigenvalue weighted by Gasteiger charge is -2.26. The number of carbonyl (C=O) groups excluding carboxylic acids is 2. The van der Waals surface area contributed by atoms with Gasteiger partial charge in [-0.2, -0.15) is 0 Å². The van der Waals surface area contributed by atoms with Gasteiger partial charge in [-0.3, -0.25) is 9.59 Å². The predicted octanol–water partition coefficient (Wildman–Crippen LogP) is 3.74. The monoisotopic (exact) mass is 367 g/mol. The standard InChI is InChI=1S/C19H17N3O3S/c1-10(23)20-15-7-11-12(8-18(24)21-14(11)9-16(15)25-2)19-22-13-5-3-4-6-17(13)26-19/h3-7,9,12H,8H2,1-2H3,(H,20,23)(H,21,24). The lowest BCUT2D eigenvalue weighted by Crippen LogP contribution is -2.24. The second-order valence-electron chi connectivity index (χ2n) is 6.15. The third-order valence-electron chi connectivity index (χ3n) is 4.33. The lowest BCUT2D eigenvalue weighted by molar-refractivity contribution is -0.117. The van der Waals surface area contributed by atoms with Gasteiger partial charge in [-0.1, -0.05) is 12.1 Å². The van der Waals surface area contributed by atoms with Crippen LogP contribution >= 0.6 is 11.3 Å². The third-order valence-corrected chi connectivity index (χ3v) is 5.48. The number of thiazole rings is 1. The highest BCUT2D eigenvalue weighted by atomic mass is 32.1. The molecule has 0 radical (unpaired) electrons. The summed E-state index contributed by atoms with van der Waals surface area (Å²) >= 11 is 1.59. The zero-order valence-electron chi connectivity index (χ0n) is 14.3. The molecule has 2 heterocycles. The molecule has 0 aliphatic carbocycles. The number of benzene rings is 2. The van der Waals surface area contributed by atoms with Crippen molar-refractivity contribution >= 4 is 44.7 Å². The third kappa shape index (κ3) is 2.90. The van der Waals surface area contributed by atoms with Gasteiger partial charge >= 0.3 is 0 Å². The summed E-state index contributed by atoms with van der Waals surface area (Å²) in [5.74, 6) is 0.106. The number of rotatable bonds is 3. The van der Waals surface area contributed by atoms with E-state index in [1.165, 1.54) is 14.0 Å². The van der Waals surface area contributed by atoms with Crippen molar-refractivity contribution in [2.24, 2.45) is 0 Å². The topological polar surface area (TPSA) is 80.3 Å². The van der Waals surface area contributed by atoms with E-state index < -0.39 is 0 Å². The average molecular weight is 367 g/mol. The number of nitrogens with one attached hydrogen (secondary N) is 2. The second kappa shape index (κ2) is 6.42. The number of methoxy groups -OCH3 is 1. The van der Waals surface area contributed by atoms with E-state index in [1.807, 2.05) is 30.3 Å². The van der Waals surface area contributed by atoms with Crippen molar-refractivity contribution in [1.29, 1.82) is 0 Å². The molecule has 6 nitrogen and oxygen atoms in total. The molecule has 2 N–H and O–H groups in total. The zero-order chi connectivity index (χ0) is 18.3. The number of para-hydroxylation sites is 1. The van der Waals surface area contributed by atoms with E-state index in [4.69, 9.17) is 9.72 Å². The van der Waals surface area contributed by atoms with Crippen LogP contribution in [0.15, 0.2) is 36.4 Å². The first-order valence-electron chi connectivity index (χ1n) is 8.20. The maximum Gasteiger partial charge on any atom is 0.225 e. The van der Waals surface area contributed by atoms with Crippen LogP contribution in [0, 0.1) is 0 Å². The summed E-state index contributed by atoms with van der Waals surface area (Å²) < 4.78 is 6.45. The molecule has 26 heavy (non-hydrogen) atoms. The van der Waals surface area contributed by atoms with Crippen molar-refractivity contribution in [3.8, 4) is 5.75 Å². The molecule has 1 unspecified atom stereocenters. The Morgan fingerprint density at radius 3 is 2.88 bits per heavy atom. The summed E-state index contributed by atoms with van der Waals surface area (Å²) in [5.41, 5.74) is 3.13. The average Bonchev–Trinajstić information content (AvgIpc) is 3.04. The molecule has 1 aromatic heterocycles. The number of ether oxygens (including phenoxy) is 1. The van der Waals surface area contributed by atoms with Gasteiger partial charge in [0.25, 0.3) is 0 Å². The lowest BCUT2D eigenvalue weighted by atomic mass is 9.90. The van der Waals surface area contributed by atoms with Gasteiger partial charge in [0.2, 0.25) is 11.8 Å². The van der Waals surface area contributed by atoms with Crippen molar-refractivity contribution in [1.82, 2.24) is 4.98 Å². The van der Waals surface area contributed by atoms with Crippen molar-refractivity contribution in [3.05, 3.63) is 47.0 Å². The normalized spacial score (nSPS) is 16.1. The molecule has 2 aromatic carbocycles. The van der Waals surface area contributed by atoms with Crippen LogP contribution < -0.4 is 15.4 Å². The van der Waals surface area contributed by atoms with Crippen LogP contribution in [0.5, 0.6) is 5.75 Å². The maximum absolute atomic E-state index is 12.2. The number of fused-ring (bicyclic) bond motifs is 2. The predicted molar refractivity (Wildman–Crippen MR) is 102 cm³/mol. The molecular formula is C19H17N3O3S. The highest BCUT2D eigenvalue weighted by molar-refractivity contribution is 7.18. The van der Waals surface area contributed by atoms with Crippen molar-refractivity contribution in [2.75, 3.05) is 17.7 Å². The molecule has 0 saturated heterocycles. The Labute approximate surface area is 154 Å². The molecule has 4 rings (SSSR count). The molecule has 0 fully saturated rings. The molecule has 0 saturated carbocycles. The van der Waals surface area contributed by atoms with Crippen molar-refractivity contribution in [2.45, 2.75) is 19.3 Å². The Hall–Kier alpha value is -2.93. The molecule has 1 aliphatic heterocycles. The van der Waals surface area contributed by atoms with E-state index in [9.17, 15) is 9.59 Å². The van der Waals surface area contributed by atoms with Gasteiger partial charge in [-0.05, 0) is 23.8 Å². The largest absolute Gasteiger partial charge is 0.494 e. The Kier molecular flexibility index (Phi) is 4.08. The fourth-order valence-electron chi connectivity index (χ4n) is 3.21. The van der Waals surface area contributed by atoms with E-state index >= 15 is 0 Å². The van der Waals surface area contributed by atoms with E-state index in [2.05, 4.69) is 10.6 Å². The minimum Gasteiger partial charge on any atom is -0.494 e. The Morgan fingerprint density at radius 1 is 1.35 bits per heavy atom. The van der Waals surface area contributed by atoms with Crippen molar-refractivity contribution in [3.63, 3.8) is 0 Å². The highest BCUT2D eigenvalue weighted by Crippen LogP contribution is 2.43. The second-order valence-corrected chi connectivity index (χ2v) is 7.21. The van der Waals surface area contributed by atoms with E-state index in [0.29, 0.717) is 23.5 Å². The van der Waals surface area contributed by atoms with Gasteiger partial charge in [-0.25, -0.2) is 4.98 Å². The van der Waals surface area contributed by atoms with Gasteiger partial charge in [-0.15, -0.1) is 11.3 Å². The van der Waals surface area contributed by atoms with Crippen LogP contribution in [-0.2, 0) is 9.59 Å². The number of anilines is 2. The SMILES string of the molecule is COc1cc2c(cc1NC(C)=O)C(c1nc3ccccc3s1)CC(=O)N2. The van der Waals surface area contributed by atoms with E-state index in [1.54, 1.807) is 17.4 Å². The van der Waals surface area contributed by atoms with Gasteiger partial charge < -0.3 is 15.4 Å². The molecule has 2 amide bonds. The van der Waals surface area contributed by atoms with E-state index in [-0.39, 0.29) is 17.7 Å². The molecular weight excluding hydrogens is 350 g/mol. The van der Waals surface area contributed by atoms with Crippen LogP contribution in [0.3, 0.4) is 0 Å². The molecule has 0 spiro atoms. The summed E-state index contributed by atoms with van der Waals surface area (Å²) in [6.07, 6.45) is 0.318. The van der Waals surface area contributed by atoms with Crippen LogP contribution in [0.25, 0.3) is 10.2 Å². The molecule has 1 atom stereocenters. The van der Waals surface area contributed by atoms with Gasteiger partial charge in [0.15, 0.2) is 0 Å². The van der Waals surface area contributed by atoms with Crippen molar-refractivity contribution < 1.29 is 14.3 Å². The summed E-state index contributed by atoms with van der Waals surface area (Å²) in [6, 6.07) is 11.5. The summed E-state index contributed by atoms with van der Waals surface area (Å²) in [6.45, 7) is 1.45. The first kappa shape index (κ1) is 16.5. The molecule has 132 valence electrons. The fraction of sp³-hybridized carbons (Fsp3) is 0.211. The van der Waals surface area contributed by atoms with E-state index in [0.717, 1.165) is 20.8 Å². The van der Waals surface area contributed by atoms with Crippen LogP contribution in [-0.4, -0.2) is 23.9 Å². The molecule has 0 bridgehead atoms. The number of amides is 2. The highest BCUT2D eigenvalue weighted by Gasteiger charge is 2.30. The minimum absolute atomic E-state index is 0.0592. The Bertz CT molecular complexity index is 995. The zero-order valence-corrected chi connectivity index (χ0v) is 15.1. The Balaban J connectivity index is 1.85. The number of nitrogens with zero attached hydrogens (tertiary/aromatic N) is 1. The smallest absolute Gasteiger partial charge is 0.225 e. The van der Waals surface area contributed by atoms with Crippen LogP contribution in [0.1, 0.15) is 29.8 Å². The van der Waals surface area contributed by atoms with Gasteiger partial charge in [0, 0.05) is 31.0 Å². The first-order valence-corrected chi connectivity index (χ1v) is 9.01. The quantitative estimate of drug-likeness (QED) is 0.739. The number of aromatic nitrogens is 1. The number of hydrogen-bond acceptors (Lipinski definition) is 5. The summed E-state index contributed by atoms with van der Waals surface area (Å²) in [7, 11) is 1.53. The molecule has 1 aliphatic rings. The number of carbonyl (C=O) groups is 2. The molecule has 3 aromatic rings. The molecule has 7 heteroatoms. The van der Waals surface area contributed by atoms with Crippen LogP contribution in [0.2, 0.25) is 0 Å². The Morgan fingerprint density at radius 2 is 2.15 bits per heavy atom. The van der Waals surface area contributed by atoms with Crippen LogP contribution in [0.4, 0.5) is 11.4 Å². The first-order chi connectivity index (χ1) is 12.5. The maximum atomic E-state index is 12.2. The minimum atomic E-state index is -0.181. The van der Waals surface area contributed by atoms with Gasteiger partial charge in [0.1, 0.15) is 10.8 Å². The van der Waals surface area contributed by atoms with Gasteiger partial charge in [0.05, 0.1) is 23.0 Å². The summed E-state index contributed by atoms with van der Waals surface area (Å²) in [4.78, 5) is 28.5.